The number of nitrogens with one attached hydrogen (secondary N) is 1. The standard InChI is InChI=1S/C38H69NO8/c1-3-5-7-9-11-13-15-16-18-20-22-24-26-28-34(42)39-31(30-46-38-37(45)36(44)35(43)33(29-40)47-38)32(41)27-25-23-21-19-17-14-12-10-8-6-4-2/h8,10,17,19,25,27,31-33,35-38,40-41,43-45H,3-7,9,11-16,18,20-24,26,28-30H2,1-2H3,(H,39,42)/b10-8+,19-17+,27-25+. The highest BCUT2D eigenvalue weighted by Gasteiger charge is 2.44. The van der Waals surface area contributed by atoms with E-state index in [1.54, 1.807) is 6.08 Å². The van der Waals surface area contributed by atoms with E-state index in [-0.39, 0.29) is 12.5 Å². The van der Waals surface area contributed by atoms with Gasteiger partial charge in [0, 0.05) is 6.42 Å². The number of unbranched alkanes of at least 4 members (excludes halogenated alkanes) is 15. The van der Waals surface area contributed by atoms with Crippen molar-refractivity contribution in [3.8, 4) is 0 Å². The highest BCUT2D eigenvalue weighted by Crippen LogP contribution is 2.22. The monoisotopic (exact) mass is 668 g/mol. The van der Waals surface area contributed by atoms with Crippen molar-refractivity contribution in [2.45, 2.75) is 185 Å². The summed E-state index contributed by atoms with van der Waals surface area (Å²) in [5.41, 5.74) is 0. The number of rotatable bonds is 29. The molecule has 0 aromatic carbocycles. The molecule has 1 aliphatic rings. The van der Waals surface area contributed by atoms with Gasteiger partial charge in [-0.25, -0.2) is 0 Å². The molecule has 0 aromatic heterocycles. The molecule has 9 heteroatoms. The number of aliphatic hydroxyl groups is 5. The van der Waals surface area contributed by atoms with E-state index >= 15 is 0 Å². The van der Waals surface area contributed by atoms with E-state index < -0.39 is 49.5 Å². The Kier molecular flexibility index (Phi) is 27.1. The maximum Gasteiger partial charge on any atom is 0.220 e. The van der Waals surface area contributed by atoms with E-state index in [1.165, 1.54) is 64.2 Å². The van der Waals surface area contributed by atoms with Crippen LogP contribution in [0.15, 0.2) is 36.5 Å². The second-order valence-electron chi connectivity index (χ2n) is 13.0. The van der Waals surface area contributed by atoms with E-state index in [2.05, 4.69) is 43.5 Å². The van der Waals surface area contributed by atoms with Crippen LogP contribution in [0.5, 0.6) is 0 Å². The molecule has 0 radical (unpaired) electrons. The third-order valence-electron chi connectivity index (χ3n) is 8.68. The van der Waals surface area contributed by atoms with Gasteiger partial charge in [-0.2, -0.15) is 0 Å². The molecule has 47 heavy (non-hydrogen) atoms. The summed E-state index contributed by atoms with van der Waals surface area (Å²) in [6.07, 6.45) is 26.2. The second-order valence-corrected chi connectivity index (χ2v) is 13.0. The van der Waals surface area contributed by atoms with Crippen molar-refractivity contribution in [3.05, 3.63) is 36.5 Å². The minimum absolute atomic E-state index is 0.196. The fraction of sp³-hybridized carbons (Fsp3) is 0.816. The number of allylic oxidation sites excluding steroid dienone is 5. The maximum absolute atomic E-state index is 12.8. The molecule has 0 saturated carbocycles. The molecule has 7 atom stereocenters. The molecular formula is C38H69NO8. The van der Waals surface area contributed by atoms with E-state index in [0.29, 0.717) is 6.42 Å². The summed E-state index contributed by atoms with van der Waals surface area (Å²) in [5, 5.41) is 53.8. The lowest BCUT2D eigenvalue weighted by molar-refractivity contribution is -0.302. The van der Waals surface area contributed by atoms with E-state index in [9.17, 15) is 30.3 Å². The molecule has 274 valence electrons. The summed E-state index contributed by atoms with van der Waals surface area (Å²) in [5.74, 6) is -0.196. The molecule has 1 rings (SSSR count). The number of amides is 1. The van der Waals surface area contributed by atoms with Crippen LogP contribution in [-0.2, 0) is 14.3 Å². The van der Waals surface area contributed by atoms with Gasteiger partial charge in [-0.05, 0) is 38.5 Å². The Labute approximate surface area is 285 Å². The SMILES string of the molecule is CCC/C=C/CC/C=C/CC/C=C/C(O)C(COC1OC(CO)C(O)C(O)C1O)NC(=O)CCCCCCCCCCCCCCC. The van der Waals surface area contributed by atoms with Crippen LogP contribution in [-0.4, -0.2) is 87.5 Å². The quantitative estimate of drug-likeness (QED) is 0.0411. The van der Waals surface area contributed by atoms with Gasteiger partial charge in [-0.15, -0.1) is 0 Å². The first-order valence-corrected chi connectivity index (χ1v) is 18.7. The molecule has 1 saturated heterocycles. The number of hydrogen-bond donors (Lipinski definition) is 6. The molecule has 1 aliphatic heterocycles. The van der Waals surface area contributed by atoms with Crippen molar-refractivity contribution in [2.24, 2.45) is 0 Å². The van der Waals surface area contributed by atoms with E-state index in [0.717, 1.165) is 57.8 Å². The summed E-state index contributed by atoms with van der Waals surface area (Å²) in [7, 11) is 0. The minimum atomic E-state index is -1.57. The topological polar surface area (TPSA) is 149 Å². The number of carbonyl (C=O) groups excluding carboxylic acids is 1. The second kappa shape index (κ2) is 29.3. The molecule has 6 N–H and O–H groups in total. The third kappa shape index (κ3) is 21.2. The molecule has 0 bridgehead atoms. The van der Waals surface area contributed by atoms with Crippen molar-refractivity contribution in [2.75, 3.05) is 13.2 Å². The fourth-order valence-electron chi connectivity index (χ4n) is 5.60. The zero-order valence-electron chi connectivity index (χ0n) is 29.5. The Bertz CT molecular complexity index is 833. The largest absolute Gasteiger partial charge is 0.394 e. The van der Waals surface area contributed by atoms with Crippen molar-refractivity contribution in [1.29, 1.82) is 0 Å². The number of aliphatic hydroxyl groups excluding tert-OH is 5. The lowest BCUT2D eigenvalue weighted by Crippen LogP contribution is -2.60. The number of carbonyl (C=O) groups is 1. The number of hydrogen-bond acceptors (Lipinski definition) is 8. The van der Waals surface area contributed by atoms with Crippen LogP contribution in [0.1, 0.15) is 142 Å². The average Bonchev–Trinajstić information content (AvgIpc) is 3.07. The van der Waals surface area contributed by atoms with Crippen LogP contribution in [0.2, 0.25) is 0 Å². The van der Waals surface area contributed by atoms with Gasteiger partial charge in [0.1, 0.15) is 24.4 Å². The Balaban J connectivity index is 2.50. The summed E-state index contributed by atoms with van der Waals surface area (Å²) < 4.78 is 11.1. The van der Waals surface area contributed by atoms with Crippen LogP contribution < -0.4 is 5.32 Å². The lowest BCUT2D eigenvalue weighted by atomic mass is 9.99. The van der Waals surface area contributed by atoms with Crippen LogP contribution >= 0.6 is 0 Å². The van der Waals surface area contributed by atoms with Gasteiger partial charge in [0.05, 0.1) is 25.4 Å². The molecule has 0 aliphatic carbocycles. The van der Waals surface area contributed by atoms with Crippen LogP contribution in [0.4, 0.5) is 0 Å². The van der Waals surface area contributed by atoms with Gasteiger partial charge < -0.3 is 40.3 Å². The third-order valence-corrected chi connectivity index (χ3v) is 8.68. The fourth-order valence-corrected chi connectivity index (χ4v) is 5.60. The van der Waals surface area contributed by atoms with Gasteiger partial charge in [-0.3, -0.25) is 4.79 Å². The Hall–Kier alpha value is -1.59. The maximum atomic E-state index is 12.8. The minimum Gasteiger partial charge on any atom is -0.394 e. The summed E-state index contributed by atoms with van der Waals surface area (Å²) >= 11 is 0. The van der Waals surface area contributed by atoms with Crippen molar-refractivity contribution in [3.63, 3.8) is 0 Å². The van der Waals surface area contributed by atoms with Crippen molar-refractivity contribution < 1.29 is 39.8 Å². The highest BCUT2D eigenvalue weighted by atomic mass is 16.7. The normalized spacial score (nSPS) is 23.3. The predicted molar refractivity (Wildman–Crippen MR) is 189 cm³/mol. The predicted octanol–water partition coefficient (Wildman–Crippen LogP) is 6.16. The van der Waals surface area contributed by atoms with Crippen LogP contribution in [0, 0.1) is 0 Å². The van der Waals surface area contributed by atoms with Gasteiger partial charge >= 0.3 is 0 Å². The van der Waals surface area contributed by atoms with E-state index in [1.807, 2.05) is 6.08 Å². The Morgan fingerprint density at radius 3 is 1.74 bits per heavy atom. The molecule has 1 amide bonds. The summed E-state index contributed by atoms with van der Waals surface area (Å²) in [4.78, 5) is 12.8. The first-order chi connectivity index (χ1) is 22.8. The van der Waals surface area contributed by atoms with Gasteiger partial charge in [0.15, 0.2) is 6.29 Å². The van der Waals surface area contributed by atoms with Crippen LogP contribution in [0.3, 0.4) is 0 Å². The van der Waals surface area contributed by atoms with Crippen molar-refractivity contribution >= 4 is 5.91 Å². The average molecular weight is 668 g/mol. The molecule has 9 nitrogen and oxygen atoms in total. The summed E-state index contributed by atoms with van der Waals surface area (Å²) in [6.45, 7) is 3.64. The molecule has 0 spiro atoms. The Morgan fingerprint density at radius 1 is 0.702 bits per heavy atom. The molecule has 7 unspecified atom stereocenters. The Morgan fingerprint density at radius 2 is 1.21 bits per heavy atom. The smallest absolute Gasteiger partial charge is 0.220 e. The first kappa shape index (κ1) is 43.4. The van der Waals surface area contributed by atoms with Crippen LogP contribution in [0.25, 0.3) is 0 Å². The summed E-state index contributed by atoms with van der Waals surface area (Å²) in [6, 6.07) is -0.821. The van der Waals surface area contributed by atoms with Crippen molar-refractivity contribution in [1.82, 2.24) is 5.32 Å². The van der Waals surface area contributed by atoms with Gasteiger partial charge in [0.25, 0.3) is 0 Å². The molecular weight excluding hydrogens is 598 g/mol. The van der Waals surface area contributed by atoms with Gasteiger partial charge in [0.2, 0.25) is 5.91 Å². The molecule has 1 fully saturated rings. The lowest BCUT2D eigenvalue weighted by Gasteiger charge is -2.40. The zero-order valence-corrected chi connectivity index (χ0v) is 29.5. The first-order valence-electron chi connectivity index (χ1n) is 18.7. The highest BCUT2D eigenvalue weighted by molar-refractivity contribution is 5.76. The zero-order chi connectivity index (χ0) is 34.5. The molecule has 1 heterocycles. The molecule has 0 aromatic rings. The van der Waals surface area contributed by atoms with E-state index in [4.69, 9.17) is 9.47 Å². The number of ether oxygens (including phenoxy) is 2. The van der Waals surface area contributed by atoms with Gasteiger partial charge in [-0.1, -0.05) is 134 Å².